The number of aromatic nitrogens is 3. The van der Waals surface area contributed by atoms with Crippen molar-refractivity contribution in [1.82, 2.24) is 15.2 Å². The molecule has 104 valence electrons. The quantitative estimate of drug-likeness (QED) is 0.743. The van der Waals surface area contributed by atoms with Gasteiger partial charge in [0.2, 0.25) is 5.95 Å². The van der Waals surface area contributed by atoms with Gasteiger partial charge in [-0.2, -0.15) is 0 Å². The maximum atomic E-state index is 6.11. The van der Waals surface area contributed by atoms with Crippen LogP contribution in [0, 0.1) is 0 Å². The van der Waals surface area contributed by atoms with Crippen LogP contribution in [0.25, 0.3) is 22.5 Å². The van der Waals surface area contributed by atoms with Crippen molar-refractivity contribution >= 4 is 33.5 Å². The molecule has 4 nitrogen and oxygen atoms in total. The Morgan fingerprint density at radius 3 is 2.38 bits per heavy atom. The Hall–Kier alpha value is -1.98. The highest BCUT2D eigenvalue weighted by Crippen LogP contribution is 2.32. The average molecular weight is 362 g/mol. The fourth-order valence-corrected chi connectivity index (χ4v) is 2.88. The molecule has 0 atom stereocenters. The predicted octanol–water partition coefficient (Wildman–Crippen LogP) is 4.20. The molecule has 0 radical (unpaired) electrons. The zero-order valence-corrected chi connectivity index (χ0v) is 13.1. The van der Waals surface area contributed by atoms with Crippen LogP contribution >= 0.6 is 27.5 Å². The minimum absolute atomic E-state index is 0.138. The van der Waals surface area contributed by atoms with Crippen LogP contribution in [0.2, 0.25) is 5.02 Å². The van der Waals surface area contributed by atoms with Crippen molar-refractivity contribution in [2.45, 2.75) is 0 Å². The highest BCUT2D eigenvalue weighted by atomic mass is 79.9. The van der Waals surface area contributed by atoms with E-state index in [1.165, 1.54) is 0 Å². The maximum Gasteiger partial charge on any atom is 0.240 e. The lowest BCUT2D eigenvalue weighted by Crippen LogP contribution is -2.02. The third-order valence-corrected chi connectivity index (χ3v) is 3.56. The molecule has 0 aliphatic rings. The number of nitrogens with zero attached hydrogens (tertiary/aromatic N) is 3. The molecule has 0 amide bonds. The first-order chi connectivity index (χ1) is 10.1. The summed E-state index contributed by atoms with van der Waals surface area (Å²) in [6.45, 7) is 0. The number of benzene rings is 2. The molecule has 1 heterocycles. The molecular formula is C15H10BrClN4. The van der Waals surface area contributed by atoms with E-state index >= 15 is 0 Å². The van der Waals surface area contributed by atoms with E-state index in [2.05, 4.69) is 31.1 Å². The summed E-state index contributed by atoms with van der Waals surface area (Å²) < 4.78 is 0.864. The lowest BCUT2D eigenvalue weighted by molar-refractivity contribution is 0.997. The van der Waals surface area contributed by atoms with Crippen molar-refractivity contribution in [3.05, 3.63) is 58.0 Å². The summed E-state index contributed by atoms with van der Waals surface area (Å²) in [4.78, 5) is 4.32. The van der Waals surface area contributed by atoms with Crippen LogP contribution in [-0.2, 0) is 0 Å². The van der Waals surface area contributed by atoms with Crippen LogP contribution < -0.4 is 5.73 Å². The van der Waals surface area contributed by atoms with Crippen molar-refractivity contribution in [3.8, 4) is 22.5 Å². The van der Waals surface area contributed by atoms with Crippen LogP contribution in [-0.4, -0.2) is 15.2 Å². The summed E-state index contributed by atoms with van der Waals surface area (Å²) in [5.74, 6) is 0.138. The number of hydrogen-bond donors (Lipinski definition) is 1. The monoisotopic (exact) mass is 360 g/mol. The number of nitrogen functional groups attached to an aromatic ring is 1. The van der Waals surface area contributed by atoms with Crippen molar-refractivity contribution in [3.63, 3.8) is 0 Å². The summed E-state index contributed by atoms with van der Waals surface area (Å²) in [5, 5.41) is 8.66. The standard InChI is InChI=1S/C15H10BrClN4/c16-11-6-10(7-12(17)8-11)14-13(19-15(18)21-20-14)9-4-2-1-3-5-9/h1-8H,(H2,18,19,21). The van der Waals surface area contributed by atoms with E-state index in [9.17, 15) is 0 Å². The number of halogens is 2. The fourth-order valence-electron chi connectivity index (χ4n) is 2.02. The molecule has 0 unspecified atom stereocenters. The van der Waals surface area contributed by atoms with E-state index in [0.29, 0.717) is 16.4 Å². The van der Waals surface area contributed by atoms with Crippen LogP contribution in [0.1, 0.15) is 0 Å². The zero-order valence-electron chi connectivity index (χ0n) is 10.8. The molecule has 2 aromatic carbocycles. The van der Waals surface area contributed by atoms with E-state index in [0.717, 1.165) is 15.6 Å². The molecule has 0 spiro atoms. The minimum atomic E-state index is 0.138. The van der Waals surface area contributed by atoms with Gasteiger partial charge in [0.05, 0.1) is 0 Å². The Kier molecular flexibility index (Phi) is 3.86. The third-order valence-electron chi connectivity index (χ3n) is 2.89. The van der Waals surface area contributed by atoms with Gasteiger partial charge in [-0.25, -0.2) is 4.98 Å². The molecule has 1 aromatic heterocycles. The summed E-state index contributed by atoms with van der Waals surface area (Å²) in [5.41, 5.74) is 8.75. The number of rotatable bonds is 2. The van der Waals surface area contributed by atoms with Crippen LogP contribution in [0.4, 0.5) is 5.95 Å². The molecule has 2 N–H and O–H groups in total. The smallest absolute Gasteiger partial charge is 0.240 e. The van der Waals surface area contributed by atoms with E-state index < -0.39 is 0 Å². The summed E-state index contributed by atoms with van der Waals surface area (Å²) in [6, 6.07) is 15.3. The highest BCUT2D eigenvalue weighted by molar-refractivity contribution is 9.10. The number of anilines is 1. The van der Waals surface area contributed by atoms with Crippen molar-refractivity contribution in [2.24, 2.45) is 0 Å². The highest BCUT2D eigenvalue weighted by Gasteiger charge is 2.13. The molecule has 6 heteroatoms. The van der Waals surface area contributed by atoms with Gasteiger partial charge in [-0.05, 0) is 18.2 Å². The van der Waals surface area contributed by atoms with Gasteiger partial charge in [0.25, 0.3) is 0 Å². The molecule has 0 bridgehead atoms. The molecule has 0 aliphatic carbocycles. The van der Waals surface area contributed by atoms with Crippen LogP contribution in [0.3, 0.4) is 0 Å². The molecule has 3 aromatic rings. The average Bonchev–Trinajstić information content (AvgIpc) is 2.47. The second-order valence-corrected chi connectivity index (χ2v) is 5.74. The summed E-state index contributed by atoms with van der Waals surface area (Å²) in [6.07, 6.45) is 0. The Labute approximate surface area is 135 Å². The van der Waals surface area contributed by atoms with Gasteiger partial charge in [-0.1, -0.05) is 57.9 Å². The Bertz CT molecular complexity index is 773. The van der Waals surface area contributed by atoms with Crippen molar-refractivity contribution < 1.29 is 0 Å². The van der Waals surface area contributed by atoms with E-state index in [-0.39, 0.29) is 5.95 Å². The lowest BCUT2D eigenvalue weighted by atomic mass is 10.0. The molecule has 0 saturated heterocycles. The molecule has 21 heavy (non-hydrogen) atoms. The Morgan fingerprint density at radius 1 is 0.905 bits per heavy atom. The topological polar surface area (TPSA) is 64.7 Å². The van der Waals surface area contributed by atoms with Gasteiger partial charge in [0.15, 0.2) is 0 Å². The Morgan fingerprint density at radius 2 is 1.67 bits per heavy atom. The van der Waals surface area contributed by atoms with E-state index in [1.54, 1.807) is 0 Å². The first-order valence-electron chi connectivity index (χ1n) is 6.15. The van der Waals surface area contributed by atoms with Gasteiger partial charge in [0, 0.05) is 20.6 Å². The fraction of sp³-hybridized carbons (Fsp3) is 0. The number of hydrogen-bond acceptors (Lipinski definition) is 4. The normalized spacial score (nSPS) is 10.6. The largest absolute Gasteiger partial charge is 0.366 e. The van der Waals surface area contributed by atoms with Crippen molar-refractivity contribution in [2.75, 3.05) is 5.73 Å². The molecule has 0 saturated carbocycles. The molecule has 0 aliphatic heterocycles. The van der Waals surface area contributed by atoms with Gasteiger partial charge < -0.3 is 5.73 Å². The Balaban J connectivity index is 2.23. The zero-order chi connectivity index (χ0) is 14.8. The minimum Gasteiger partial charge on any atom is -0.366 e. The maximum absolute atomic E-state index is 6.11. The predicted molar refractivity (Wildman–Crippen MR) is 87.8 cm³/mol. The van der Waals surface area contributed by atoms with Crippen LogP contribution in [0.5, 0.6) is 0 Å². The van der Waals surface area contributed by atoms with Gasteiger partial charge in [-0.15, -0.1) is 10.2 Å². The third kappa shape index (κ3) is 3.04. The van der Waals surface area contributed by atoms with Gasteiger partial charge >= 0.3 is 0 Å². The molecule has 0 fully saturated rings. The second-order valence-electron chi connectivity index (χ2n) is 4.39. The second kappa shape index (κ2) is 5.79. The van der Waals surface area contributed by atoms with Gasteiger partial charge in [0.1, 0.15) is 11.4 Å². The SMILES string of the molecule is Nc1nnc(-c2cc(Cl)cc(Br)c2)c(-c2ccccc2)n1. The number of nitrogens with two attached hydrogens (primary N) is 1. The first-order valence-corrected chi connectivity index (χ1v) is 7.32. The first kappa shape index (κ1) is 14.0. The van der Waals surface area contributed by atoms with E-state index in [4.69, 9.17) is 17.3 Å². The molecular weight excluding hydrogens is 352 g/mol. The van der Waals surface area contributed by atoms with Gasteiger partial charge in [-0.3, -0.25) is 0 Å². The summed E-state index contributed by atoms with van der Waals surface area (Å²) in [7, 11) is 0. The van der Waals surface area contributed by atoms with E-state index in [1.807, 2.05) is 48.5 Å². The molecule has 3 rings (SSSR count). The van der Waals surface area contributed by atoms with Crippen molar-refractivity contribution in [1.29, 1.82) is 0 Å². The lowest BCUT2D eigenvalue weighted by Gasteiger charge is -2.09. The van der Waals surface area contributed by atoms with Crippen LogP contribution in [0.15, 0.2) is 53.0 Å². The summed E-state index contributed by atoms with van der Waals surface area (Å²) >= 11 is 9.53.